The van der Waals surface area contributed by atoms with Crippen molar-refractivity contribution in [3.8, 4) is 5.75 Å². The van der Waals surface area contributed by atoms with Crippen LogP contribution in [-0.4, -0.2) is 24.4 Å². The summed E-state index contributed by atoms with van der Waals surface area (Å²) >= 11 is 1.74. The van der Waals surface area contributed by atoms with Gasteiger partial charge in [-0.3, -0.25) is 9.80 Å². The normalized spacial score (nSPS) is 15.0. The van der Waals surface area contributed by atoms with Gasteiger partial charge in [0.25, 0.3) is 0 Å². The monoisotopic (exact) mass is 492 g/mol. The first-order valence-corrected chi connectivity index (χ1v) is 13.3. The highest BCUT2D eigenvalue weighted by atomic mass is 32.2. The lowest BCUT2D eigenvalue weighted by Gasteiger charge is -2.24. The number of hydrogen-bond acceptors (Lipinski definition) is 5. The van der Waals surface area contributed by atoms with E-state index in [2.05, 4.69) is 47.7 Å². The van der Waals surface area contributed by atoms with E-state index in [0.29, 0.717) is 17.7 Å². The smallest absolute Gasteiger partial charge is 0.193 e. The van der Waals surface area contributed by atoms with E-state index in [1.54, 1.807) is 11.8 Å². The van der Waals surface area contributed by atoms with Gasteiger partial charge < -0.3 is 4.74 Å². The third-order valence-corrected chi connectivity index (χ3v) is 7.08. The number of carbonyl (C=O) groups excluding carboxylic acids is 1. The van der Waals surface area contributed by atoms with Crippen molar-refractivity contribution in [3.63, 3.8) is 0 Å². The summed E-state index contributed by atoms with van der Waals surface area (Å²) < 4.78 is 5.61. The van der Waals surface area contributed by atoms with Gasteiger partial charge in [-0.1, -0.05) is 42.5 Å². The Labute approximate surface area is 216 Å². The van der Waals surface area contributed by atoms with Crippen molar-refractivity contribution in [2.45, 2.75) is 24.3 Å². The summed E-state index contributed by atoms with van der Waals surface area (Å²) in [5, 5.41) is 7.14. The fourth-order valence-corrected chi connectivity index (χ4v) is 4.85. The van der Waals surface area contributed by atoms with Crippen LogP contribution in [0.4, 0.5) is 5.69 Å². The molecule has 0 N–H and O–H groups in total. The average Bonchev–Trinajstić information content (AvgIpc) is 3.39. The van der Waals surface area contributed by atoms with Crippen LogP contribution >= 0.6 is 11.8 Å². The Kier molecular flexibility index (Phi) is 7.19. The molecule has 0 saturated carbocycles. The second-order valence-corrected chi connectivity index (χ2v) is 9.46. The molecule has 1 heterocycles. The quantitative estimate of drug-likeness (QED) is 0.190. The molecular formula is C31H28N2O2S. The molecule has 1 atom stereocenters. The molecule has 0 saturated heterocycles. The summed E-state index contributed by atoms with van der Waals surface area (Å²) in [5.41, 5.74) is 5.64. The van der Waals surface area contributed by atoms with Crippen LogP contribution in [-0.2, 0) is 0 Å². The minimum Gasteiger partial charge on any atom is -0.494 e. The minimum absolute atomic E-state index is 0.0198. The van der Waals surface area contributed by atoms with Crippen LogP contribution in [0.2, 0.25) is 0 Å². The van der Waals surface area contributed by atoms with Gasteiger partial charge in [-0.05, 0) is 85.0 Å². The van der Waals surface area contributed by atoms with Gasteiger partial charge in [0.2, 0.25) is 0 Å². The van der Waals surface area contributed by atoms with E-state index in [9.17, 15) is 4.79 Å². The van der Waals surface area contributed by atoms with E-state index >= 15 is 0 Å². The van der Waals surface area contributed by atoms with Gasteiger partial charge in [0.15, 0.2) is 5.78 Å². The summed E-state index contributed by atoms with van der Waals surface area (Å²) in [7, 11) is 0. The lowest BCUT2D eigenvalue weighted by atomic mass is 9.98. The summed E-state index contributed by atoms with van der Waals surface area (Å²) in [6.07, 6.45) is 2.87. The fourth-order valence-electron chi connectivity index (χ4n) is 4.44. The van der Waals surface area contributed by atoms with E-state index in [0.717, 1.165) is 29.1 Å². The molecule has 4 aromatic rings. The SMILES string of the molecule is CCOc1ccc(C2=NN(c3ccc(C(=O)c4ccccc4)cc3)C(c3ccc(SC)cc3)C2)cc1. The number of thioether (sulfide) groups is 1. The fraction of sp³-hybridized carbons (Fsp3) is 0.161. The van der Waals surface area contributed by atoms with Crippen LogP contribution in [0.15, 0.2) is 113 Å². The minimum atomic E-state index is 0.0198. The summed E-state index contributed by atoms with van der Waals surface area (Å²) in [6.45, 7) is 2.63. The Hall–Kier alpha value is -3.83. The number of rotatable bonds is 8. The number of benzene rings is 4. The number of hydrogen-bond donors (Lipinski definition) is 0. The van der Waals surface area contributed by atoms with Gasteiger partial charge >= 0.3 is 0 Å². The van der Waals surface area contributed by atoms with Crippen LogP contribution in [0, 0.1) is 0 Å². The Morgan fingerprint density at radius 2 is 1.56 bits per heavy atom. The molecule has 0 aliphatic carbocycles. The van der Waals surface area contributed by atoms with Crippen molar-refractivity contribution >= 4 is 28.9 Å². The molecule has 1 aliphatic heterocycles. The molecule has 0 fully saturated rings. The molecule has 0 radical (unpaired) electrons. The van der Waals surface area contributed by atoms with Crippen LogP contribution in [0.25, 0.3) is 0 Å². The maximum absolute atomic E-state index is 12.9. The van der Waals surface area contributed by atoms with Crippen molar-refractivity contribution in [2.75, 3.05) is 17.9 Å². The maximum Gasteiger partial charge on any atom is 0.193 e. The zero-order valence-corrected chi connectivity index (χ0v) is 21.2. The molecule has 0 bridgehead atoms. The number of hydrazone groups is 1. The molecule has 4 nitrogen and oxygen atoms in total. The predicted octanol–water partition coefficient (Wildman–Crippen LogP) is 7.39. The van der Waals surface area contributed by atoms with Gasteiger partial charge in [0, 0.05) is 22.4 Å². The molecule has 0 aromatic heterocycles. The van der Waals surface area contributed by atoms with Gasteiger partial charge in [-0.25, -0.2) is 0 Å². The number of ketones is 1. The van der Waals surface area contributed by atoms with Crippen LogP contribution < -0.4 is 9.75 Å². The van der Waals surface area contributed by atoms with Crippen LogP contribution in [0.5, 0.6) is 5.75 Å². The van der Waals surface area contributed by atoms with E-state index in [-0.39, 0.29) is 11.8 Å². The summed E-state index contributed by atoms with van der Waals surface area (Å²) in [4.78, 5) is 14.1. The molecule has 0 amide bonds. The lowest BCUT2D eigenvalue weighted by Crippen LogP contribution is -2.18. The molecule has 4 aromatic carbocycles. The van der Waals surface area contributed by atoms with Crippen LogP contribution in [0.1, 0.15) is 46.4 Å². The number of anilines is 1. The third kappa shape index (κ3) is 5.07. The Balaban J connectivity index is 1.46. The van der Waals surface area contributed by atoms with Crippen molar-refractivity contribution in [2.24, 2.45) is 5.10 Å². The van der Waals surface area contributed by atoms with Crippen molar-refractivity contribution in [1.29, 1.82) is 0 Å². The molecule has 1 aliphatic rings. The molecule has 180 valence electrons. The zero-order chi connectivity index (χ0) is 24.9. The lowest BCUT2D eigenvalue weighted by molar-refractivity contribution is 0.103. The molecule has 0 spiro atoms. The van der Waals surface area contributed by atoms with E-state index in [1.807, 2.05) is 73.7 Å². The molecule has 36 heavy (non-hydrogen) atoms. The molecule has 1 unspecified atom stereocenters. The molecular weight excluding hydrogens is 464 g/mol. The van der Waals surface area contributed by atoms with E-state index < -0.39 is 0 Å². The standard InChI is InChI=1S/C31H28N2O2S/c1-3-35-27-17-11-22(12-18-27)29-21-30(23-13-19-28(36-2)20-14-23)33(32-29)26-15-9-25(10-16-26)31(34)24-7-5-4-6-8-24/h4-20,30H,3,21H2,1-2H3. The Bertz CT molecular complexity index is 1350. The Morgan fingerprint density at radius 3 is 2.19 bits per heavy atom. The maximum atomic E-state index is 12.9. The largest absolute Gasteiger partial charge is 0.494 e. The summed E-state index contributed by atoms with van der Waals surface area (Å²) in [6, 6.07) is 34.0. The van der Waals surface area contributed by atoms with E-state index in [4.69, 9.17) is 9.84 Å². The number of carbonyl (C=O) groups is 1. The van der Waals surface area contributed by atoms with Crippen molar-refractivity contribution in [1.82, 2.24) is 0 Å². The predicted molar refractivity (Wildman–Crippen MR) is 149 cm³/mol. The molecule has 5 rings (SSSR count). The second kappa shape index (κ2) is 10.8. The second-order valence-electron chi connectivity index (χ2n) is 8.58. The van der Waals surface area contributed by atoms with Gasteiger partial charge in [-0.2, -0.15) is 5.10 Å². The highest BCUT2D eigenvalue weighted by Gasteiger charge is 2.30. The zero-order valence-electron chi connectivity index (χ0n) is 20.4. The van der Waals surface area contributed by atoms with Gasteiger partial charge in [-0.15, -0.1) is 11.8 Å². The molecule has 5 heteroatoms. The van der Waals surface area contributed by atoms with Crippen molar-refractivity contribution in [3.05, 3.63) is 125 Å². The first-order valence-electron chi connectivity index (χ1n) is 12.1. The number of nitrogens with zero attached hydrogens (tertiary/aromatic N) is 2. The number of ether oxygens (including phenoxy) is 1. The first kappa shape index (κ1) is 23.9. The Morgan fingerprint density at radius 1 is 0.889 bits per heavy atom. The highest BCUT2D eigenvalue weighted by Crippen LogP contribution is 2.37. The van der Waals surface area contributed by atoms with Gasteiger partial charge in [0.1, 0.15) is 5.75 Å². The third-order valence-electron chi connectivity index (χ3n) is 6.34. The highest BCUT2D eigenvalue weighted by molar-refractivity contribution is 7.98. The van der Waals surface area contributed by atoms with Crippen LogP contribution in [0.3, 0.4) is 0 Å². The van der Waals surface area contributed by atoms with E-state index in [1.165, 1.54) is 10.5 Å². The van der Waals surface area contributed by atoms with Crippen molar-refractivity contribution < 1.29 is 9.53 Å². The average molecular weight is 493 g/mol. The van der Waals surface area contributed by atoms with Gasteiger partial charge in [0.05, 0.1) is 24.0 Å². The topological polar surface area (TPSA) is 41.9 Å². The first-order chi connectivity index (χ1) is 17.7. The summed E-state index contributed by atoms with van der Waals surface area (Å²) in [5.74, 6) is 0.880.